The Bertz CT molecular complexity index is 709. The van der Waals surface area contributed by atoms with Crippen LogP contribution in [0.4, 0.5) is 11.5 Å². The predicted octanol–water partition coefficient (Wildman–Crippen LogP) is 3.44. The van der Waals surface area contributed by atoms with Crippen LogP contribution in [0, 0.1) is 6.92 Å². The number of aryl methyl sites for hydroxylation is 1. The molecule has 0 aliphatic heterocycles. The molecule has 5 nitrogen and oxygen atoms in total. The summed E-state index contributed by atoms with van der Waals surface area (Å²) in [6, 6.07) is 9.64. The molecule has 2 aromatic heterocycles. The van der Waals surface area contributed by atoms with Gasteiger partial charge in [-0.15, -0.1) is 12.4 Å². The Balaban J connectivity index is 0.00000147. The molecule has 0 fully saturated rings. The van der Waals surface area contributed by atoms with Crippen molar-refractivity contribution in [2.75, 3.05) is 12.4 Å². The number of methoxy groups -OCH3 is 1. The van der Waals surface area contributed by atoms with Gasteiger partial charge in [-0.05, 0) is 37.3 Å². The maximum absolute atomic E-state index is 5.14. The van der Waals surface area contributed by atoms with E-state index in [0.717, 1.165) is 34.1 Å². The van der Waals surface area contributed by atoms with Gasteiger partial charge in [0.15, 0.2) is 5.82 Å². The molecule has 0 amide bonds. The number of anilines is 2. The molecule has 0 bridgehead atoms. The van der Waals surface area contributed by atoms with E-state index in [1.54, 1.807) is 7.11 Å². The molecule has 0 saturated carbocycles. The molecule has 0 radical (unpaired) electrons. The number of hydrogen-bond donors (Lipinski definition) is 2. The van der Waals surface area contributed by atoms with Crippen molar-refractivity contribution < 1.29 is 4.74 Å². The summed E-state index contributed by atoms with van der Waals surface area (Å²) in [4.78, 5) is 11.9. The third-order valence-electron chi connectivity index (χ3n) is 2.87. The van der Waals surface area contributed by atoms with Crippen LogP contribution in [0.3, 0.4) is 0 Å². The number of H-pyrrole nitrogens is 1. The number of nitrogens with zero attached hydrogens (tertiary/aromatic N) is 2. The van der Waals surface area contributed by atoms with Crippen molar-refractivity contribution in [3.05, 3.63) is 42.4 Å². The van der Waals surface area contributed by atoms with Crippen molar-refractivity contribution in [2.24, 2.45) is 0 Å². The van der Waals surface area contributed by atoms with Gasteiger partial charge in [0.25, 0.3) is 0 Å². The van der Waals surface area contributed by atoms with E-state index in [2.05, 4.69) is 20.3 Å². The zero-order chi connectivity index (χ0) is 13.2. The van der Waals surface area contributed by atoms with E-state index in [0.29, 0.717) is 0 Å². The molecule has 0 unspecified atom stereocenters. The Hall–Kier alpha value is -2.27. The van der Waals surface area contributed by atoms with Crippen LogP contribution >= 0.6 is 12.4 Å². The number of hydrogen-bond acceptors (Lipinski definition) is 4. The smallest absolute Gasteiger partial charge is 0.158 e. The number of ether oxygens (including phenoxy) is 1. The van der Waals surface area contributed by atoms with E-state index in [9.17, 15) is 0 Å². The van der Waals surface area contributed by atoms with Crippen LogP contribution in [-0.4, -0.2) is 22.1 Å². The molecule has 0 aliphatic carbocycles. The van der Waals surface area contributed by atoms with Crippen molar-refractivity contribution in [2.45, 2.75) is 6.92 Å². The fourth-order valence-corrected chi connectivity index (χ4v) is 1.96. The predicted molar refractivity (Wildman–Crippen MR) is 82.2 cm³/mol. The van der Waals surface area contributed by atoms with Gasteiger partial charge in [0.2, 0.25) is 0 Å². The minimum atomic E-state index is 0. The summed E-state index contributed by atoms with van der Waals surface area (Å²) in [6.45, 7) is 1.88. The lowest BCUT2D eigenvalue weighted by atomic mass is 10.3. The topological polar surface area (TPSA) is 62.8 Å². The number of fused-ring (bicyclic) bond motifs is 1. The Morgan fingerprint density at radius 1 is 1.10 bits per heavy atom. The third kappa shape index (κ3) is 2.67. The fourth-order valence-electron chi connectivity index (χ4n) is 1.96. The van der Waals surface area contributed by atoms with Crippen LogP contribution in [-0.2, 0) is 0 Å². The van der Waals surface area contributed by atoms with Gasteiger partial charge < -0.3 is 15.0 Å². The molecule has 0 saturated heterocycles. The molecule has 3 rings (SSSR count). The lowest BCUT2D eigenvalue weighted by Crippen LogP contribution is -1.98. The van der Waals surface area contributed by atoms with Gasteiger partial charge in [0.05, 0.1) is 12.6 Å². The normalized spacial score (nSPS) is 10.1. The largest absolute Gasteiger partial charge is 0.497 e. The summed E-state index contributed by atoms with van der Waals surface area (Å²) in [6.07, 6.45) is 1.86. The van der Waals surface area contributed by atoms with E-state index in [-0.39, 0.29) is 12.4 Å². The second-order valence-electron chi connectivity index (χ2n) is 4.21. The van der Waals surface area contributed by atoms with Crippen molar-refractivity contribution in [1.29, 1.82) is 0 Å². The van der Waals surface area contributed by atoms with Crippen molar-refractivity contribution >= 4 is 34.9 Å². The van der Waals surface area contributed by atoms with Crippen LogP contribution in [0.1, 0.15) is 5.82 Å². The van der Waals surface area contributed by atoms with Crippen molar-refractivity contribution in [3.8, 4) is 5.75 Å². The summed E-state index contributed by atoms with van der Waals surface area (Å²) in [5, 5.41) is 3.29. The highest BCUT2D eigenvalue weighted by atomic mass is 35.5. The summed E-state index contributed by atoms with van der Waals surface area (Å²) in [5.41, 5.74) is 2.76. The van der Waals surface area contributed by atoms with Crippen LogP contribution in [0.5, 0.6) is 5.75 Å². The molecular weight excluding hydrogens is 276 g/mol. The van der Waals surface area contributed by atoms with Crippen molar-refractivity contribution in [3.63, 3.8) is 0 Å². The summed E-state index contributed by atoms with van der Waals surface area (Å²) in [5.74, 6) is 2.34. The fraction of sp³-hybridized carbons (Fsp3) is 0.143. The number of aromatic nitrogens is 3. The Morgan fingerprint density at radius 2 is 1.85 bits per heavy atom. The molecular formula is C14H15ClN4O. The monoisotopic (exact) mass is 290 g/mol. The van der Waals surface area contributed by atoms with Crippen molar-refractivity contribution in [1.82, 2.24) is 15.0 Å². The molecule has 1 aromatic carbocycles. The molecule has 6 heteroatoms. The zero-order valence-corrected chi connectivity index (χ0v) is 12.0. The van der Waals surface area contributed by atoms with Gasteiger partial charge in [0, 0.05) is 11.9 Å². The van der Waals surface area contributed by atoms with E-state index < -0.39 is 0 Å². The standard InChI is InChI=1S/C14H14N4O.ClH/c1-9-16-12-7-8-15-13(12)14(17-9)18-10-3-5-11(19-2)6-4-10;/h3-8,15H,1-2H3,(H,16,17,18);1H. The first kappa shape index (κ1) is 14.1. The van der Waals surface area contributed by atoms with E-state index in [1.807, 2.05) is 43.5 Å². The number of nitrogens with one attached hydrogen (secondary N) is 2. The number of halogens is 1. The van der Waals surface area contributed by atoms with Crippen LogP contribution in [0.2, 0.25) is 0 Å². The molecule has 0 atom stereocenters. The molecule has 20 heavy (non-hydrogen) atoms. The van der Waals surface area contributed by atoms with Gasteiger partial charge in [-0.1, -0.05) is 0 Å². The average Bonchev–Trinajstić information content (AvgIpc) is 2.88. The quantitative estimate of drug-likeness (QED) is 0.775. The van der Waals surface area contributed by atoms with Gasteiger partial charge in [-0.25, -0.2) is 9.97 Å². The van der Waals surface area contributed by atoms with Gasteiger partial charge in [-0.3, -0.25) is 0 Å². The van der Waals surface area contributed by atoms with Crippen LogP contribution in [0.15, 0.2) is 36.5 Å². The lowest BCUT2D eigenvalue weighted by molar-refractivity contribution is 0.415. The first-order valence-corrected chi connectivity index (χ1v) is 5.99. The van der Waals surface area contributed by atoms with E-state index >= 15 is 0 Å². The highest BCUT2D eigenvalue weighted by Crippen LogP contribution is 2.23. The lowest BCUT2D eigenvalue weighted by Gasteiger charge is -2.08. The molecule has 0 aliphatic rings. The zero-order valence-electron chi connectivity index (χ0n) is 11.2. The first-order valence-electron chi connectivity index (χ1n) is 5.99. The van der Waals surface area contributed by atoms with Crippen LogP contribution in [0.25, 0.3) is 11.0 Å². The second-order valence-corrected chi connectivity index (χ2v) is 4.21. The summed E-state index contributed by atoms with van der Waals surface area (Å²) < 4.78 is 5.14. The highest BCUT2D eigenvalue weighted by Gasteiger charge is 2.06. The number of aromatic amines is 1. The number of rotatable bonds is 3. The second kappa shape index (κ2) is 5.79. The Labute approximate surface area is 122 Å². The first-order chi connectivity index (χ1) is 9.26. The highest BCUT2D eigenvalue weighted by molar-refractivity contribution is 5.87. The van der Waals surface area contributed by atoms with Gasteiger partial charge in [-0.2, -0.15) is 0 Å². The van der Waals surface area contributed by atoms with Gasteiger partial charge >= 0.3 is 0 Å². The molecule has 104 valence electrons. The summed E-state index contributed by atoms with van der Waals surface area (Å²) in [7, 11) is 1.65. The number of benzene rings is 1. The molecule has 3 aromatic rings. The molecule has 2 heterocycles. The molecule has 0 spiro atoms. The SMILES string of the molecule is COc1ccc(Nc2nc(C)nc3cc[nH]c23)cc1.Cl. The minimum absolute atomic E-state index is 0. The summed E-state index contributed by atoms with van der Waals surface area (Å²) >= 11 is 0. The van der Waals surface area contributed by atoms with E-state index in [4.69, 9.17) is 4.74 Å². The maximum atomic E-state index is 5.14. The van der Waals surface area contributed by atoms with Crippen LogP contribution < -0.4 is 10.1 Å². The van der Waals surface area contributed by atoms with E-state index in [1.165, 1.54) is 0 Å². The maximum Gasteiger partial charge on any atom is 0.158 e. The third-order valence-corrected chi connectivity index (χ3v) is 2.87. The minimum Gasteiger partial charge on any atom is -0.497 e. The van der Waals surface area contributed by atoms with Gasteiger partial charge in [0.1, 0.15) is 17.1 Å². The Kier molecular flexibility index (Phi) is 4.10. The average molecular weight is 291 g/mol. The molecule has 2 N–H and O–H groups in total. The Morgan fingerprint density at radius 3 is 2.55 bits per heavy atom.